The van der Waals surface area contributed by atoms with Crippen LogP contribution in [0.1, 0.15) is 0 Å². The highest BCUT2D eigenvalue weighted by atomic mass is 32.2. The van der Waals surface area contributed by atoms with Gasteiger partial charge in [-0.25, -0.2) is 9.97 Å². The van der Waals surface area contributed by atoms with Crippen molar-refractivity contribution in [1.82, 2.24) is 14.5 Å². The summed E-state index contributed by atoms with van der Waals surface area (Å²) in [6.07, 6.45) is 7.58. The van der Waals surface area contributed by atoms with E-state index in [2.05, 4.69) is 70.5 Å². The van der Waals surface area contributed by atoms with Crippen LogP contribution in [0.2, 0.25) is 0 Å². The minimum Gasteiger partial charge on any atom is -0.332 e. The molecule has 2 aromatic carbocycles. The third-order valence-electron chi connectivity index (χ3n) is 3.81. The molecule has 0 amide bonds. The summed E-state index contributed by atoms with van der Waals surface area (Å²) in [4.78, 5) is 10.0. The number of rotatable bonds is 5. The number of nitrogens with zero attached hydrogens (tertiary/aromatic N) is 3. The minimum atomic E-state index is 0.894. The molecule has 0 saturated carbocycles. The van der Waals surface area contributed by atoms with Gasteiger partial charge in [-0.05, 0) is 42.7 Å². The first kappa shape index (κ1) is 15.9. The van der Waals surface area contributed by atoms with Crippen LogP contribution in [0.25, 0.3) is 16.9 Å². The Morgan fingerprint density at radius 2 is 1.84 bits per heavy atom. The van der Waals surface area contributed by atoms with Gasteiger partial charge in [0.25, 0.3) is 0 Å². The summed E-state index contributed by atoms with van der Waals surface area (Å²) in [6, 6.07) is 16.7. The van der Waals surface area contributed by atoms with Crippen molar-refractivity contribution < 1.29 is 0 Å². The van der Waals surface area contributed by atoms with Gasteiger partial charge in [-0.2, -0.15) is 0 Å². The number of nitrogens with one attached hydrogen (secondary N) is 1. The Labute approximate surface area is 154 Å². The molecule has 4 aromatic rings. The Kier molecular flexibility index (Phi) is 4.54. The molecular formula is C19H16N4S2. The molecule has 0 unspecified atom stereocenters. The number of anilines is 2. The molecule has 0 aliphatic heterocycles. The Hall–Kier alpha value is -2.57. The number of thioether (sulfide) groups is 1. The predicted molar refractivity (Wildman–Crippen MR) is 106 cm³/mol. The summed E-state index contributed by atoms with van der Waals surface area (Å²) >= 11 is 3.35. The highest BCUT2D eigenvalue weighted by Crippen LogP contribution is 2.28. The van der Waals surface area contributed by atoms with Gasteiger partial charge in [0.1, 0.15) is 0 Å². The summed E-state index contributed by atoms with van der Waals surface area (Å²) in [5.74, 6) is 0. The highest BCUT2D eigenvalue weighted by molar-refractivity contribution is 7.98. The summed E-state index contributed by atoms with van der Waals surface area (Å²) in [5, 5.41) is 6.33. The third kappa shape index (κ3) is 3.60. The van der Waals surface area contributed by atoms with Crippen molar-refractivity contribution in [3.8, 4) is 16.9 Å². The van der Waals surface area contributed by atoms with Crippen LogP contribution < -0.4 is 5.32 Å². The maximum absolute atomic E-state index is 4.69. The summed E-state index contributed by atoms with van der Waals surface area (Å²) < 4.78 is 1.98. The van der Waals surface area contributed by atoms with Gasteiger partial charge in [-0.15, -0.1) is 23.1 Å². The molecule has 0 aliphatic rings. The van der Waals surface area contributed by atoms with Gasteiger partial charge in [0.2, 0.25) is 0 Å². The number of aromatic nitrogens is 3. The molecule has 0 fully saturated rings. The van der Waals surface area contributed by atoms with Crippen LogP contribution in [0.5, 0.6) is 0 Å². The molecule has 25 heavy (non-hydrogen) atoms. The average Bonchev–Trinajstić information content (AvgIpc) is 3.35. The SMILES string of the molecule is CSc1ccc(Nc2nc(-c3ccc(-n4ccnc4)cc3)cs2)cc1. The van der Waals surface area contributed by atoms with Crippen LogP contribution in [0, 0.1) is 0 Å². The first-order chi connectivity index (χ1) is 12.3. The van der Waals surface area contributed by atoms with E-state index in [-0.39, 0.29) is 0 Å². The lowest BCUT2D eigenvalue weighted by Crippen LogP contribution is -1.90. The van der Waals surface area contributed by atoms with E-state index >= 15 is 0 Å². The molecule has 2 aromatic heterocycles. The van der Waals surface area contributed by atoms with E-state index in [4.69, 9.17) is 4.98 Å². The van der Waals surface area contributed by atoms with Crippen LogP contribution >= 0.6 is 23.1 Å². The topological polar surface area (TPSA) is 42.7 Å². The molecule has 0 spiro atoms. The quantitative estimate of drug-likeness (QED) is 0.477. The van der Waals surface area contributed by atoms with Crippen molar-refractivity contribution in [1.29, 1.82) is 0 Å². The molecule has 6 heteroatoms. The summed E-state index contributed by atoms with van der Waals surface area (Å²) in [6.45, 7) is 0. The number of benzene rings is 2. The average molecular weight is 364 g/mol. The molecule has 0 bridgehead atoms. The maximum Gasteiger partial charge on any atom is 0.187 e. The van der Waals surface area contributed by atoms with E-state index in [1.807, 2.05) is 10.8 Å². The Morgan fingerprint density at radius 1 is 1.04 bits per heavy atom. The lowest BCUT2D eigenvalue weighted by Gasteiger charge is -2.04. The highest BCUT2D eigenvalue weighted by Gasteiger charge is 2.06. The zero-order chi connectivity index (χ0) is 17.1. The first-order valence-electron chi connectivity index (χ1n) is 7.77. The number of hydrogen-bond acceptors (Lipinski definition) is 5. The van der Waals surface area contributed by atoms with Gasteiger partial charge in [-0.3, -0.25) is 0 Å². The molecule has 1 N–H and O–H groups in total. The Balaban J connectivity index is 1.50. The van der Waals surface area contributed by atoms with Gasteiger partial charge in [0.05, 0.1) is 12.0 Å². The summed E-state index contributed by atoms with van der Waals surface area (Å²) in [7, 11) is 0. The molecule has 4 nitrogen and oxygen atoms in total. The molecule has 0 radical (unpaired) electrons. The third-order valence-corrected chi connectivity index (χ3v) is 5.31. The standard InChI is InChI=1S/C19H16N4S2/c1-24-17-8-4-15(5-9-17)21-19-22-18(12-25-19)14-2-6-16(7-3-14)23-11-10-20-13-23/h2-13H,1H3,(H,21,22). The zero-order valence-electron chi connectivity index (χ0n) is 13.6. The molecule has 0 atom stereocenters. The first-order valence-corrected chi connectivity index (χ1v) is 9.87. The van der Waals surface area contributed by atoms with Crippen molar-refractivity contribution in [2.75, 3.05) is 11.6 Å². The van der Waals surface area contributed by atoms with Crippen molar-refractivity contribution in [2.45, 2.75) is 4.90 Å². The second kappa shape index (κ2) is 7.13. The second-order valence-corrected chi connectivity index (χ2v) is 7.15. The van der Waals surface area contributed by atoms with Crippen molar-refractivity contribution in [3.63, 3.8) is 0 Å². The molecular weight excluding hydrogens is 348 g/mol. The summed E-state index contributed by atoms with van der Waals surface area (Å²) in [5.41, 5.74) is 4.22. The molecule has 124 valence electrons. The predicted octanol–water partition coefficient (Wildman–Crippen LogP) is 5.46. The minimum absolute atomic E-state index is 0.894. The second-order valence-electron chi connectivity index (χ2n) is 5.41. The van der Waals surface area contributed by atoms with Crippen molar-refractivity contribution in [2.24, 2.45) is 0 Å². The Bertz CT molecular complexity index is 942. The van der Waals surface area contributed by atoms with E-state index in [0.29, 0.717) is 0 Å². The van der Waals surface area contributed by atoms with Gasteiger partial charge in [0.15, 0.2) is 5.13 Å². The molecule has 2 heterocycles. The van der Waals surface area contributed by atoms with Gasteiger partial charge in [0, 0.05) is 39.6 Å². The van der Waals surface area contributed by atoms with E-state index in [1.54, 1.807) is 35.6 Å². The number of imidazole rings is 1. The normalized spacial score (nSPS) is 10.8. The van der Waals surface area contributed by atoms with E-state index < -0.39 is 0 Å². The number of thiazole rings is 1. The molecule has 4 rings (SSSR count). The lowest BCUT2D eigenvalue weighted by molar-refractivity contribution is 1.06. The largest absolute Gasteiger partial charge is 0.332 e. The smallest absolute Gasteiger partial charge is 0.187 e. The van der Waals surface area contributed by atoms with E-state index in [0.717, 1.165) is 27.8 Å². The monoisotopic (exact) mass is 364 g/mol. The van der Waals surface area contributed by atoms with Crippen LogP contribution in [0.15, 0.2) is 77.5 Å². The number of hydrogen-bond donors (Lipinski definition) is 1. The van der Waals surface area contributed by atoms with Crippen LogP contribution in [0.3, 0.4) is 0 Å². The van der Waals surface area contributed by atoms with Gasteiger partial charge >= 0.3 is 0 Å². The fourth-order valence-electron chi connectivity index (χ4n) is 2.48. The van der Waals surface area contributed by atoms with Crippen LogP contribution in [-0.2, 0) is 0 Å². The zero-order valence-corrected chi connectivity index (χ0v) is 15.2. The Morgan fingerprint density at radius 3 is 2.52 bits per heavy atom. The lowest BCUT2D eigenvalue weighted by atomic mass is 10.1. The molecule has 0 aliphatic carbocycles. The maximum atomic E-state index is 4.69. The molecule has 0 saturated heterocycles. The van der Waals surface area contributed by atoms with Crippen molar-refractivity contribution in [3.05, 3.63) is 72.6 Å². The van der Waals surface area contributed by atoms with Gasteiger partial charge in [-0.1, -0.05) is 12.1 Å². The van der Waals surface area contributed by atoms with Crippen LogP contribution in [-0.4, -0.2) is 20.8 Å². The fraction of sp³-hybridized carbons (Fsp3) is 0.0526. The van der Waals surface area contributed by atoms with Crippen LogP contribution in [0.4, 0.5) is 10.8 Å². The van der Waals surface area contributed by atoms with E-state index in [1.165, 1.54) is 4.90 Å². The van der Waals surface area contributed by atoms with Crippen molar-refractivity contribution >= 4 is 33.9 Å². The van der Waals surface area contributed by atoms with E-state index in [9.17, 15) is 0 Å². The fourth-order valence-corrected chi connectivity index (χ4v) is 3.63. The van der Waals surface area contributed by atoms with Gasteiger partial charge < -0.3 is 9.88 Å².